The van der Waals surface area contributed by atoms with E-state index >= 15 is 0 Å². The molecule has 102 valence electrons. The van der Waals surface area contributed by atoms with E-state index in [1.807, 2.05) is 0 Å². The van der Waals surface area contributed by atoms with Crippen molar-refractivity contribution in [1.82, 2.24) is 0 Å². The molecule has 0 amide bonds. The molecule has 1 fully saturated rings. The Morgan fingerprint density at radius 3 is 2.63 bits per heavy atom. The van der Waals surface area contributed by atoms with Gasteiger partial charge in [-0.3, -0.25) is 4.79 Å². The van der Waals surface area contributed by atoms with Crippen molar-refractivity contribution in [3.63, 3.8) is 0 Å². The van der Waals surface area contributed by atoms with Gasteiger partial charge in [-0.05, 0) is 31.2 Å². The molecule has 1 aliphatic heterocycles. The fraction of sp³-hybridized carbons (Fsp3) is 0.429. The van der Waals surface area contributed by atoms with Gasteiger partial charge in [-0.15, -0.1) is 0 Å². The number of carbonyl (C=O) groups is 2. The summed E-state index contributed by atoms with van der Waals surface area (Å²) in [6, 6.07) is 6.46. The van der Waals surface area contributed by atoms with Gasteiger partial charge in [0.25, 0.3) is 5.78 Å². The van der Waals surface area contributed by atoms with Crippen LogP contribution in [0.15, 0.2) is 24.3 Å². The molecule has 1 unspecified atom stereocenters. The summed E-state index contributed by atoms with van der Waals surface area (Å²) in [5.41, 5.74) is 0.300. The number of rotatable bonds is 5. The van der Waals surface area contributed by atoms with E-state index < -0.39 is 11.8 Å². The normalized spacial score (nSPS) is 18.1. The largest absolute Gasteiger partial charge is 0.488 e. The third-order valence-corrected chi connectivity index (χ3v) is 2.77. The first kappa shape index (κ1) is 13.5. The Morgan fingerprint density at radius 1 is 1.32 bits per heavy atom. The number of esters is 1. The molecular weight excluding hydrogens is 248 g/mol. The summed E-state index contributed by atoms with van der Waals surface area (Å²) in [6.45, 7) is 3.15. The highest BCUT2D eigenvalue weighted by atomic mass is 16.5. The number of benzene rings is 1. The fourth-order valence-electron chi connectivity index (χ4n) is 1.80. The van der Waals surface area contributed by atoms with Crippen molar-refractivity contribution in [2.75, 3.05) is 19.8 Å². The molecule has 2 rings (SSSR count). The molecule has 1 heterocycles. The zero-order chi connectivity index (χ0) is 13.7. The van der Waals surface area contributed by atoms with Crippen LogP contribution in [0.4, 0.5) is 0 Å². The Kier molecular flexibility index (Phi) is 4.52. The summed E-state index contributed by atoms with van der Waals surface area (Å²) in [7, 11) is 0. The predicted molar refractivity (Wildman–Crippen MR) is 67.3 cm³/mol. The average molecular weight is 264 g/mol. The van der Waals surface area contributed by atoms with Crippen LogP contribution in [0.1, 0.15) is 23.7 Å². The van der Waals surface area contributed by atoms with E-state index in [2.05, 4.69) is 4.74 Å². The van der Waals surface area contributed by atoms with Crippen LogP contribution in [-0.4, -0.2) is 37.7 Å². The molecule has 0 radical (unpaired) electrons. The summed E-state index contributed by atoms with van der Waals surface area (Å²) in [5.74, 6) is -0.811. The Bertz CT molecular complexity index is 445. The van der Waals surface area contributed by atoms with Crippen LogP contribution < -0.4 is 4.74 Å². The van der Waals surface area contributed by atoms with Gasteiger partial charge in [-0.1, -0.05) is 0 Å². The third-order valence-electron chi connectivity index (χ3n) is 2.77. The minimum absolute atomic E-state index is 0.0617. The van der Waals surface area contributed by atoms with Gasteiger partial charge < -0.3 is 14.2 Å². The Labute approximate surface area is 111 Å². The topological polar surface area (TPSA) is 61.8 Å². The maximum Gasteiger partial charge on any atom is 0.379 e. The van der Waals surface area contributed by atoms with Gasteiger partial charge in [0.2, 0.25) is 0 Å². The predicted octanol–water partition coefficient (Wildman–Crippen LogP) is 1.60. The standard InChI is InChI=1S/C14H16O5/c1-2-18-14(16)13(15)10-3-5-11(6-4-10)19-12-7-8-17-9-12/h3-6,12H,2,7-9H2,1H3. The molecule has 0 saturated carbocycles. The van der Waals surface area contributed by atoms with Crippen LogP contribution in [0.5, 0.6) is 5.75 Å². The Morgan fingerprint density at radius 2 is 2.05 bits per heavy atom. The first-order chi connectivity index (χ1) is 9.20. The van der Waals surface area contributed by atoms with Crippen molar-refractivity contribution in [2.45, 2.75) is 19.4 Å². The summed E-state index contributed by atoms with van der Waals surface area (Å²) in [4.78, 5) is 22.9. The molecule has 1 aromatic rings. The van der Waals surface area contributed by atoms with Crippen LogP contribution in [0, 0.1) is 0 Å². The van der Waals surface area contributed by atoms with E-state index in [1.165, 1.54) is 0 Å². The lowest BCUT2D eigenvalue weighted by Crippen LogP contribution is -2.18. The molecule has 1 aliphatic rings. The molecule has 19 heavy (non-hydrogen) atoms. The number of Topliss-reactive ketones (excluding diaryl/α,β-unsaturated/α-hetero) is 1. The number of ether oxygens (including phenoxy) is 3. The van der Waals surface area contributed by atoms with E-state index in [0.717, 1.165) is 6.42 Å². The monoisotopic (exact) mass is 264 g/mol. The van der Waals surface area contributed by atoms with Gasteiger partial charge in [-0.2, -0.15) is 0 Å². The van der Waals surface area contributed by atoms with Gasteiger partial charge in [0.15, 0.2) is 0 Å². The van der Waals surface area contributed by atoms with Crippen LogP contribution in [0.3, 0.4) is 0 Å². The number of hydrogen-bond acceptors (Lipinski definition) is 5. The third kappa shape index (κ3) is 3.54. The van der Waals surface area contributed by atoms with Crippen molar-refractivity contribution >= 4 is 11.8 Å². The molecule has 5 heteroatoms. The molecule has 0 aliphatic carbocycles. The summed E-state index contributed by atoms with van der Waals surface area (Å²) < 4.78 is 15.5. The highest BCUT2D eigenvalue weighted by Gasteiger charge is 2.19. The quantitative estimate of drug-likeness (QED) is 0.459. The summed E-state index contributed by atoms with van der Waals surface area (Å²) in [6.07, 6.45) is 0.926. The van der Waals surface area contributed by atoms with Crippen LogP contribution in [0.25, 0.3) is 0 Å². The van der Waals surface area contributed by atoms with E-state index in [1.54, 1.807) is 31.2 Å². The van der Waals surface area contributed by atoms with Crippen LogP contribution in [0.2, 0.25) is 0 Å². The molecular formula is C14H16O5. The first-order valence-electron chi connectivity index (χ1n) is 6.26. The maximum absolute atomic E-state index is 11.7. The van der Waals surface area contributed by atoms with Crippen LogP contribution in [-0.2, 0) is 14.3 Å². The van der Waals surface area contributed by atoms with Gasteiger partial charge >= 0.3 is 5.97 Å². The van der Waals surface area contributed by atoms with Crippen molar-refractivity contribution < 1.29 is 23.8 Å². The van der Waals surface area contributed by atoms with Crippen molar-refractivity contribution in [1.29, 1.82) is 0 Å². The Hall–Kier alpha value is -1.88. The molecule has 1 atom stereocenters. The number of carbonyl (C=O) groups excluding carboxylic acids is 2. The number of hydrogen-bond donors (Lipinski definition) is 0. The second kappa shape index (κ2) is 6.33. The van der Waals surface area contributed by atoms with Crippen molar-refractivity contribution in [3.05, 3.63) is 29.8 Å². The highest BCUT2D eigenvalue weighted by Crippen LogP contribution is 2.18. The number of ketones is 1. The Balaban J connectivity index is 1.97. The lowest BCUT2D eigenvalue weighted by Gasteiger charge is -2.11. The minimum Gasteiger partial charge on any atom is -0.488 e. The zero-order valence-corrected chi connectivity index (χ0v) is 10.8. The van der Waals surface area contributed by atoms with Crippen molar-refractivity contribution in [2.24, 2.45) is 0 Å². The molecule has 0 N–H and O–H groups in total. The molecule has 1 saturated heterocycles. The van der Waals surface area contributed by atoms with Gasteiger partial charge in [-0.25, -0.2) is 4.79 Å². The van der Waals surface area contributed by atoms with Gasteiger partial charge in [0, 0.05) is 12.0 Å². The van der Waals surface area contributed by atoms with E-state index in [4.69, 9.17) is 9.47 Å². The van der Waals surface area contributed by atoms with Gasteiger partial charge in [0.05, 0.1) is 19.8 Å². The lowest BCUT2D eigenvalue weighted by molar-refractivity contribution is -0.137. The smallest absolute Gasteiger partial charge is 0.379 e. The van der Waals surface area contributed by atoms with E-state index in [0.29, 0.717) is 24.5 Å². The average Bonchev–Trinajstić information content (AvgIpc) is 2.92. The molecule has 0 spiro atoms. The molecule has 0 aromatic heterocycles. The van der Waals surface area contributed by atoms with Gasteiger partial charge in [0.1, 0.15) is 11.9 Å². The SMILES string of the molecule is CCOC(=O)C(=O)c1ccc(OC2CCOC2)cc1. The second-order valence-electron chi connectivity index (χ2n) is 4.18. The maximum atomic E-state index is 11.7. The van der Waals surface area contributed by atoms with E-state index in [9.17, 15) is 9.59 Å². The molecule has 5 nitrogen and oxygen atoms in total. The first-order valence-corrected chi connectivity index (χ1v) is 6.26. The second-order valence-corrected chi connectivity index (χ2v) is 4.18. The van der Waals surface area contributed by atoms with Crippen LogP contribution >= 0.6 is 0 Å². The lowest BCUT2D eigenvalue weighted by atomic mass is 10.1. The summed E-state index contributed by atoms with van der Waals surface area (Å²) in [5, 5.41) is 0. The molecule has 1 aromatic carbocycles. The summed E-state index contributed by atoms with van der Waals surface area (Å²) >= 11 is 0. The van der Waals surface area contributed by atoms with Crippen molar-refractivity contribution in [3.8, 4) is 5.75 Å². The molecule has 0 bridgehead atoms. The zero-order valence-electron chi connectivity index (χ0n) is 10.8. The highest BCUT2D eigenvalue weighted by molar-refractivity contribution is 6.40. The van der Waals surface area contributed by atoms with E-state index in [-0.39, 0.29) is 12.7 Å². The fourth-order valence-corrected chi connectivity index (χ4v) is 1.80. The minimum atomic E-state index is -0.833.